The molecule has 82 valence electrons. The Kier molecular flexibility index (Phi) is 2.81. The lowest BCUT2D eigenvalue weighted by molar-refractivity contribution is 1.03. The van der Waals surface area contributed by atoms with E-state index in [1.54, 1.807) is 6.20 Å². The normalized spacial score (nSPS) is 10.2. The fourth-order valence-corrected chi connectivity index (χ4v) is 1.66. The Bertz CT molecular complexity index is 494. The molecule has 4 nitrogen and oxygen atoms in total. The first-order valence-corrected chi connectivity index (χ1v) is 5.15. The van der Waals surface area contributed by atoms with Gasteiger partial charge in [-0.3, -0.25) is 4.98 Å². The largest absolute Gasteiger partial charge is 0.373 e. The summed E-state index contributed by atoms with van der Waals surface area (Å²) in [4.78, 5) is 12.9. The molecule has 0 radical (unpaired) electrons. The standard InChI is InChI=1S/C12H14N4/c1-8-11(10-5-4-6-14-7-10)15-9(2)16-12(8)13-3/h4-7H,1-3H3,(H,13,15,16). The van der Waals surface area contributed by atoms with E-state index in [9.17, 15) is 0 Å². The Labute approximate surface area is 94.8 Å². The van der Waals surface area contributed by atoms with Gasteiger partial charge in [0.2, 0.25) is 0 Å². The van der Waals surface area contributed by atoms with Gasteiger partial charge in [0.05, 0.1) is 5.69 Å². The Morgan fingerprint density at radius 1 is 1.19 bits per heavy atom. The van der Waals surface area contributed by atoms with Gasteiger partial charge >= 0.3 is 0 Å². The Hall–Kier alpha value is -1.97. The van der Waals surface area contributed by atoms with Crippen LogP contribution in [0.4, 0.5) is 5.82 Å². The molecular weight excluding hydrogens is 200 g/mol. The van der Waals surface area contributed by atoms with E-state index < -0.39 is 0 Å². The SMILES string of the molecule is CNc1nc(C)nc(-c2cccnc2)c1C. The Morgan fingerprint density at radius 3 is 2.62 bits per heavy atom. The van der Waals surface area contributed by atoms with Gasteiger partial charge in [-0.25, -0.2) is 9.97 Å². The number of aryl methyl sites for hydroxylation is 1. The van der Waals surface area contributed by atoms with E-state index in [0.29, 0.717) is 0 Å². The molecule has 1 N–H and O–H groups in total. The molecule has 0 aliphatic rings. The van der Waals surface area contributed by atoms with Crippen LogP contribution in [0.15, 0.2) is 24.5 Å². The number of nitrogens with one attached hydrogen (secondary N) is 1. The van der Waals surface area contributed by atoms with Crippen LogP contribution in [0.25, 0.3) is 11.3 Å². The lowest BCUT2D eigenvalue weighted by Gasteiger charge is -2.10. The fraction of sp³-hybridized carbons (Fsp3) is 0.250. The van der Waals surface area contributed by atoms with E-state index in [4.69, 9.17) is 0 Å². The predicted molar refractivity (Wildman–Crippen MR) is 64.3 cm³/mol. The molecule has 0 spiro atoms. The van der Waals surface area contributed by atoms with Crippen LogP contribution < -0.4 is 5.32 Å². The predicted octanol–water partition coefficient (Wildman–Crippen LogP) is 2.20. The van der Waals surface area contributed by atoms with E-state index in [1.165, 1.54) is 0 Å². The highest BCUT2D eigenvalue weighted by atomic mass is 15.0. The number of hydrogen-bond acceptors (Lipinski definition) is 4. The van der Waals surface area contributed by atoms with Crippen LogP contribution >= 0.6 is 0 Å². The second-order valence-electron chi connectivity index (χ2n) is 3.58. The first kappa shape index (κ1) is 10.5. The van der Waals surface area contributed by atoms with Crippen molar-refractivity contribution in [3.63, 3.8) is 0 Å². The molecule has 0 amide bonds. The first-order chi connectivity index (χ1) is 7.72. The van der Waals surface area contributed by atoms with Crippen LogP contribution in [0.5, 0.6) is 0 Å². The molecule has 0 saturated heterocycles. The molecule has 2 heterocycles. The number of nitrogens with zero attached hydrogens (tertiary/aromatic N) is 3. The third-order valence-corrected chi connectivity index (χ3v) is 2.43. The molecular formula is C12H14N4. The molecule has 2 rings (SSSR count). The zero-order valence-electron chi connectivity index (χ0n) is 9.65. The first-order valence-electron chi connectivity index (χ1n) is 5.15. The van der Waals surface area contributed by atoms with Crippen molar-refractivity contribution in [3.8, 4) is 11.3 Å². The molecule has 0 aromatic carbocycles. The summed E-state index contributed by atoms with van der Waals surface area (Å²) in [6.07, 6.45) is 3.57. The van der Waals surface area contributed by atoms with Gasteiger partial charge in [0.15, 0.2) is 0 Å². The molecule has 0 bridgehead atoms. The van der Waals surface area contributed by atoms with E-state index in [0.717, 1.165) is 28.5 Å². The van der Waals surface area contributed by atoms with E-state index >= 15 is 0 Å². The smallest absolute Gasteiger partial charge is 0.132 e. The zero-order chi connectivity index (χ0) is 11.5. The molecule has 0 aliphatic heterocycles. The molecule has 0 aliphatic carbocycles. The highest BCUT2D eigenvalue weighted by molar-refractivity contribution is 5.67. The zero-order valence-corrected chi connectivity index (χ0v) is 9.65. The lowest BCUT2D eigenvalue weighted by atomic mass is 10.1. The van der Waals surface area contributed by atoms with Crippen molar-refractivity contribution < 1.29 is 0 Å². The minimum absolute atomic E-state index is 0.758. The highest BCUT2D eigenvalue weighted by Crippen LogP contribution is 2.24. The maximum Gasteiger partial charge on any atom is 0.132 e. The van der Waals surface area contributed by atoms with Gasteiger partial charge in [0.1, 0.15) is 11.6 Å². The maximum absolute atomic E-state index is 4.46. The monoisotopic (exact) mass is 214 g/mol. The summed E-state index contributed by atoms with van der Waals surface area (Å²) in [6.45, 7) is 3.90. The topological polar surface area (TPSA) is 50.7 Å². The van der Waals surface area contributed by atoms with Crippen molar-refractivity contribution in [2.45, 2.75) is 13.8 Å². The minimum atomic E-state index is 0.758. The summed E-state index contributed by atoms with van der Waals surface area (Å²) < 4.78 is 0. The van der Waals surface area contributed by atoms with Gasteiger partial charge < -0.3 is 5.32 Å². The van der Waals surface area contributed by atoms with Crippen molar-refractivity contribution >= 4 is 5.82 Å². The molecule has 0 atom stereocenters. The molecule has 0 saturated carbocycles. The highest BCUT2D eigenvalue weighted by Gasteiger charge is 2.09. The van der Waals surface area contributed by atoms with Crippen molar-refractivity contribution in [1.29, 1.82) is 0 Å². The van der Waals surface area contributed by atoms with E-state index in [1.807, 2.05) is 39.2 Å². The van der Waals surface area contributed by atoms with E-state index in [2.05, 4.69) is 20.3 Å². The molecule has 2 aromatic heterocycles. The lowest BCUT2D eigenvalue weighted by Crippen LogP contribution is -2.02. The molecule has 16 heavy (non-hydrogen) atoms. The number of pyridine rings is 1. The maximum atomic E-state index is 4.46. The number of rotatable bonds is 2. The van der Waals surface area contributed by atoms with E-state index in [-0.39, 0.29) is 0 Å². The van der Waals surface area contributed by atoms with Crippen LogP contribution in [-0.2, 0) is 0 Å². The number of anilines is 1. The van der Waals surface area contributed by atoms with Crippen molar-refractivity contribution in [2.24, 2.45) is 0 Å². The average molecular weight is 214 g/mol. The van der Waals surface area contributed by atoms with Gasteiger partial charge in [0, 0.05) is 30.6 Å². The summed E-state index contributed by atoms with van der Waals surface area (Å²) in [7, 11) is 1.86. The third-order valence-electron chi connectivity index (χ3n) is 2.43. The molecule has 4 heteroatoms. The van der Waals surface area contributed by atoms with Gasteiger partial charge in [0.25, 0.3) is 0 Å². The second-order valence-corrected chi connectivity index (χ2v) is 3.58. The van der Waals surface area contributed by atoms with Gasteiger partial charge in [-0.2, -0.15) is 0 Å². The summed E-state index contributed by atoms with van der Waals surface area (Å²) in [5.74, 6) is 1.63. The molecule has 0 unspecified atom stereocenters. The number of aromatic nitrogens is 3. The van der Waals surface area contributed by atoms with Gasteiger partial charge in [-0.05, 0) is 26.0 Å². The van der Waals surface area contributed by atoms with Crippen molar-refractivity contribution in [2.75, 3.05) is 12.4 Å². The molecule has 0 fully saturated rings. The average Bonchev–Trinajstić information content (AvgIpc) is 2.33. The summed E-state index contributed by atoms with van der Waals surface area (Å²) in [5.41, 5.74) is 2.99. The van der Waals surface area contributed by atoms with Crippen LogP contribution in [0.3, 0.4) is 0 Å². The summed E-state index contributed by atoms with van der Waals surface area (Å²) in [6, 6.07) is 3.91. The van der Waals surface area contributed by atoms with Crippen molar-refractivity contribution in [1.82, 2.24) is 15.0 Å². The quantitative estimate of drug-likeness (QED) is 0.832. The Morgan fingerprint density at radius 2 is 2.00 bits per heavy atom. The van der Waals surface area contributed by atoms with Gasteiger partial charge in [-0.1, -0.05) is 0 Å². The van der Waals surface area contributed by atoms with Crippen LogP contribution in [0.2, 0.25) is 0 Å². The number of hydrogen-bond donors (Lipinski definition) is 1. The third kappa shape index (κ3) is 1.86. The van der Waals surface area contributed by atoms with Crippen LogP contribution in [-0.4, -0.2) is 22.0 Å². The van der Waals surface area contributed by atoms with Crippen molar-refractivity contribution in [3.05, 3.63) is 35.9 Å². The summed E-state index contributed by atoms with van der Waals surface area (Å²) in [5, 5.41) is 3.07. The Balaban J connectivity index is 2.61. The van der Waals surface area contributed by atoms with Crippen LogP contribution in [0, 0.1) is 13.8 Å². The van der Waals surface area contributed by atoms with Crippen LogP contribution in [0.1, 0.15) is 11.4 Å². The minimum Gasteiger partial charge on any atom is -0.373 e. The molecule has 2 aromatic rings. The summed E-state index contributed by atoms with van der Waals surface area (Å²) >= 11 is 0. The van der Waals surface area contributed by atoms with Gasteiger partial charge in [-0.15, -0.1) is 0 Å². The fourth-order valence-electron chi connectivity index (χ4n) is 1.66. The second kappa shape index (κ2) is 4.26.